The van der Waals surface area contributed by atoms with Crippen molar-refractivity contribution in [2.24, 2.45) is 23.2 Å². The summed E-state index contributed by atoms with van der Waals surface area (Å²) < 4.78 is 0. The van der Waals surface area contributed by atoms with Gasteiger partial charge >= 0.3 is 0 Å². The fourth-order valence-corrected chi connectivity index (χ4v) is 6.22. The molecule has 1 amide bonds. The van der Waals surface area contributed by atoms with Gasteiger partial charge in [0.25, 0.3) is 0 Å². The van der Waals surface area contributed by atoms with Crippen LogP contribution in [0.1, 0.15) is 65.7 Å². The molecule has 2 bridgehead atoms. The van der Waals surface area contributed by atoms with E-state index in [-0.39, 0.29) is 17.4 Å². The van der Waals surface area contributed by atoms with Gasteiger partial charge in [0.2, 0.25) is 5.91 Å². The van der Waals surface area contributed by atoms with E-state index in [4.69, 9.17) is 0 Å². The van der Waals surface area contributed by atoms with E-state index in [1.807, 2.05) is 6.92 Å². The van der Waals surface area contributed by atoms with Crippen LogP contribution in [0.15, 0.2) is 0 Å². The Morgan fingerprint density at radius 3 is 2.46 bits per heavy atom. The highest BCUT2D eigenvalue weighted by Gasteiger charge is 2.62. The first-order chi connectivity index (χ1) is 11.3. The standard InChI is InChI=1S/C20H34N2O2/c1-19(2)14-10-16(19)20(3,24)17(11-14)21-15-8-9-22(12-15)18(23)13-6-4-5-7-13/h13-17,21,24H,4-12H2,1-3H3/t14?,15?,16?,17?,20-/m0/s1. The third-order valence-corrected chi connectivity index (χ3v) is 8.04. The van der Waals surface area contributed by atoms with E-state index in [1.165, 1.54) is 19.3 Å². The minimum absolute atomic E-state index is 0.181. The highest BCUT2D eigenvalue weighted by Crippen LogP contribution is 2.62. The van der Waals surface area contributed by atoms with Gasteiger partial charge < -0.3 is 15.3 Å². The Kier molecular flexibility index (Phi) is 4.00. The second-order valence-corrected chi connectivity index (χ2v) is 9.74. The van der Waals surface area contributed by atoms with Crippen LogP contribution in [0.2, 0.25) is 0 Å². The van der Waals surface area contributed by atoms with Crippen LogP contribution in [0.5, 0.6) is 0 Å². The van der Waals surface area contributed by atoms with Crippen molar-refractivity contribution in [3.05, 3.63) is 0 Å². The first kappa shape index (κ1) is 16.8. The van der Waals surface area contributed by atoms with Crippen LogP contribution >= 0.6 is 0 Å². The summed E-state index contributed by atoms with van der Waals surface area (Å²) in [7, 11) is 0. The van der Waals surface area contributed by atoms with E-state index in [9.17, 15) is 9.90 Å². The molecule has 5 atom stereocenters. The Bertz CT molecular complexity index is 510. The minimum atomic E-state index is -0.624. The quantitative estimate of drug-likeness (QED) is 0.834. The van der Waals surface area contributed by atoms with Crippen LogP contribution in [0, 0.1) is 23.2 Å². The summed E-state index contributed by atoms with van der Waals surface area (Å²) in [6.45, 7) is 8.38. The average molecular weight is 335 g/mol. The van der Waals surface area contributed by atoms with E-state index in [2.05, 4.69) is 24.1 Å². The molecule has 4 aliphatic carbocycles. The van der Waals surface area contributed by atoms with Crippen molar-refractivity contribution in [3.63, 3.8) is 0 Å². The van der Waals surface area contributed by atoms with Gasteiger partial charge in [-0.1, -0.05) is 26.7 Å². The summed E-state index contributed by atoms with van der Waals surface area (Å²) in [5.74, 6) is 1.81. The molecule has 5 aliphatic rings. The molecule has 2 N–H and O–H groups in total. The lowest BCUT2D eigenvalue weighted by Gasteiger charge is -2.65. The summed E-state index contributed by atoms with van der Waals surface area (Å²) >= 11 is 0. The largest absolute Gasteiger partial charge is 0.388 e. The lowest BCUT2D eigenvalue weighted by molar-refractivity contribution is -0.210. The van der Waals surface area contributed by atoms with Crippen LogP contribution in [0.3, 0.4) is 0 Å². The molecular weight excluding hydrogens is 300 g/mol. The molecule has 1 saturated heterocycles. The molecule has 1 heterocycles. The van der Waals surface area contributed by atoms with Crippen molar-refractivity contribution in [1.29, 1.82) is 0 Å². The van der Waals surface area contributed by atoms with Crippen LogP contribution in [-0.4, -0.2) is 46.7 Å². The van der Waals surface area contributed by atoms with E-state index < -0.39 is 5.60 Å². The highest BCUT2D eigenvalue weighted by atomic mass is 16.3. The number of amides is 1. The predicted molar refractivity (Wildman–Crippen MR) is 94.5 cm³/mol. The van der Waals surface area contributed by atoms with Crippen LogP contribution in [0.25, 0.3) is 0 Å². The summed E-state index contributed by atoms with van der Waals surface area (Å²) in [5.41, 5.74) is -0.344. The number of likely N-dealkylation sites (tertiary alicyclic amines) is 1. The molecule has 4 unspecified atom stereocenters. The lowest BCUT2D eigenvalue weighted by atomic mass is 9.43. The number of fused-ring (bicyclic) bond motifs is 2. The molecule has 136 valence electrons. The summed E-state index contributed by atoms with van der Waals surface area (Å²) in [6.07, 6.45) is 7.89. The molecule has 4 heteroatoms. The van der Waals surface area contributed by atoms with Gasteiger partial charge in [-0.2, -0.15) is 0 Å². The SMILES string of the molecule is CC1(C)C2CC(NC3CCN(C(=O)C4CCCC4)C3)[C@@](C)(O)C1C2. The zero-order valence-electron chi connectivity index (χ0n) is 15.6. The monoisotopic (exact) mass is 334 g/mol. The number of hydrogen-bond acceptors (Lipinski definition) is 3. The third kappa shape index (κ3) is 2.52. The molecule has 0 aromatic rings. The van der Waals surface area contributed by atoms with Gasteiger partial charge in [0, 0.05) is 31.1 Å². The van der Waals surface area contributed by atoms with E-state index in [0.717, 1.165) is 44.7 Å². The number of rotatable bonds is 3. The molecule has 1 aliphatic heterocycles. The maximum Gasteiger partial charge on any atom is 0.225 e. The summed E-state index contributed by atoms with van der Waals surface area (Å²) in [6, 6.07) is 0.535. The average Bonchev–Trinajstić information content (AvgIpc) is 3.19. The molecule has 24 heavy (non-hydrogen) atoms. The molecule has 0 radical (unpaired) electrons. The van der Waals surface area contributed by atoms with E-state index >= 15 is 0 Å². The van der Waals surface area contributed by atoms with Crippen LogP contribution in [0.4, 0.5) is 0 Å². The second kappa shape index (κ2) is 5.70. The third-order valence-electron chi connectivity index (χ3n) is 8.04. The van der Waals surface area contributed by atoms with E-state index in [0.29, 0.717) is 17.9 Å². The van der Waals surface area contributed by atoms with Crippen LogP contribution < -0.4 is 5.32 Å². The number of hydrogen-bond donors (Lipinski definition) is 2. The Labute approximate surface area is 146 Å². The lowest BCUT2D eigenvalue weighted by Crippen LogP contribution is -2.70. The molecular formula is C20H34N2O2. The molecule has 5 fully saturated rings. The zero-order valence-corrected chi connectivity index (χ0v) is 15.6. The maximum absolute atomic E-state index is 12.6. The molecule has 4 saturated carbocycles. The summed E-state index contributed by atoms with van der Waals surface area (Å²) in [4.78, 5) is 14.7. The normalized spacial score (nSPS) is 44.6. The van der Waals surface area contributed by atoms with Crippen LogP contribution in [-0.2, 0) is 4.79 Å². The van der Waals surface area contributed by atoms with Crippen molar-refractivity contribution >= 4 is 5.91 Å². The molecule has 0 spiro atoms. The van der Waals surface area contributed by atoms with Crippen molar-refractivity contribution in [2.75, 3.05) is 13.1 Å². The van der Waals surface area contributed by atoms with Crippen molar-refractivity contribution in [3.8, 4) is 0 Å². The van der Waals surface area contributed by atoms with Gasteiger partial charge in [-0.15, -0.1) is 0 Å². The van der Waals surface area contributed by atoms with E-state index in [1.54, 1.807) is 0 Å². The van der Waals surface area contributed by atoms with Crippen molar-refractivity contribution < 1.29 is 9.90 Å². The van der Waals surface area contributed by atoms with Gasteiger partial charge in [-0.05, 0) is 56.3 Å². The molecule has 5 rings (SSSR count). The molecule has 0 aromatic carbocycles. The highest BCUT2D eigenvalue weighted by molar-refractivity contribution is 5.79. The van der Waals surface area contributed by atoms with Crippen molar-refractivity contribution in [2.45, 2.75) is 83.4 Å². The predicted octanol–water partition coefficient (Wildman–Crippen LogP) is 2.55. The van der Waals surface area contributed by atoms with Crippen molar-refractivity contribution in [1.82, 2.24) is 10.2 Å². The first-order valence-corrected chi connectivity index (χ1v) is 10.1. The second-order valence-electron chi connectivity index (χ2n) is 9.74. The number of carbonyl (C=O) groups is 1. The number of nitrogens with zero attached hydrogens (tertiary/aromatic N) is 1. The fraction of sp³-hybridized carbons (Fsp3) is 0.950. The molecule has 0 aromatic heterocycles. The first-order valence-electron chi connectivity index (χ1n) is 10.1. The number of carbonyl (C=O) groups excluding carboxylic acids is 1. The van der Waals surface area contributed by atoms with Gasteiger partial charge in [-0.25, -0.2) is 0 Å². The Hall–Kier alpha value is -0.610. The summed E-state index contributed by atoms with van der Waals surface area (Å²) in [5, 5.41) is 14.9. The fourth-order valence-electron chi connectivity index (χ4n) is 6.22. The van der Waals surface area contributed by atoms with Gasteiger partial charge in [0.05, 0.1) is 5.60 Å². The minimum Gasteiger partial charge on any atom is -0.388 e. The zero-order chi connectivity index (χ0) is 17.1. The topological polar surface area (TPSA) is 52.6 Å². The van der Waals surface area contributed by atoms with Gasteiger partial charge in [-0.3, -0.25) is 4.79 Å². The Morgan fingerprint density at radius 1 is 1.12 bits per heavy atom. The Balaban J connectivity index is 1.35. The maximum atomic E-state index is 12.6. The van der Waals surface area contributed by atoms with Gasteiger partial charge in [0.1, 0.15) is 0 Å². The number of aliphatic hydroxyl groups is 1. The molecule has 4 nitrogen and oxygen atoms in total. The number of nitrogens with one attached hydrogen (secondary N) is 1. The smallest absolute Gasteiger partial charge is 0.225 e. The Morgan fingerprint density at radius 2 is 1.83 bits per heavy atom. The van der Waals surface area contributed by atoms with Gasteiger partial charge in [0.15, 0.2) is 0 Å².